The smallest absolute Gasteiger partial charge is 0.126 e. The van der Waals surface area contributed by atoms with Gasteiger partial charge in [0, 0.05) is 5.56 Å². The molecule has 0 spiro atoms. The van der Waals surface area contributed by atoms with E-state index in [4.69, 9.17) is 0 Å². The highest BCUT2D eigenvalue weighted by molar-refractivity contribution is 5.77. The largest absolute Gasteiger partial charge is 0.507 e. The molecule has 0 aliphatic rings. The number of phenolic OH excluding ortho intramolecular Hbond substituents is 1. The van der Waals surface area contributed by atoms with Gasteiger partial charge < -0.3 is 5.11 Å². The lowest BCUT2D eigenvalue weighted by atomic mass is 9.91. The third kappa shape index (κ3) is 2.55. The molecule has 2 aromatic carbocycles. The molecule has 1 heteroatoms. The minimum Gasteiger partial charge on any atom is -0.507 e. The fourth-order valence-electron chi connectivity index (χ4n) is 2.72. The van der Waals surface area contributed by atoms with Crippen molar-refractivity contribution in [2.45, 2.75) is 27.2 Å². The number of aryl methyl sites for hydroxylation is 3. The minimum atomic E-state index is 0.373. The van der Waals surface area contributed by atoms with Crippen LogP contribution in [0.2, 0.25) is 0 Å². The molecule has 1 nitrogen and oxygen atoms in total. The number of phenols is 1. The molecule has 0 fully saturated rings. The highest BCUT2D eigenvalue weighted by atomic mass is 16.3. The molecule has 1 N–H and O–H groups in total. The predicted molar refractivity (Wildman–Crippen MR) is 81.7 cm³/mol. The van der Waals surface area contributed by atoms with E-state index in [0.717, 1.165) is 16.7 Å². The number of hydrogen-bond acceptors (Lipinski definition) is 1. The van der Waals surface area contributed by atoms with Gasteiger partial charge in [0.2, 0.25) is 0 Å². The van der Waals surface area contributed by atoms with Gasteiger partial charge in [-0.25, -0.2) is 0 Å². The van der Waals surface area contributed by atoms with Gasteiger partial charge in [0.05, 0.1) is 0 Å². The first-order valence-electron chi connectivity index (χ1n) is 6.54. The van der Waals surface area contributed by atoms with E-state index in [1.165, 1.54) is 16.7 Å². The van der Waals surface area contributed by atoms with Crippen LogP contribution in [0.15, 0.2) is 43.0 Å². The monoisotopic (exact) mass is 252 g/mol. The second-order valence-corrected chi connectivity index (χ2v) is 5.08. The zero-order valence-electron chi connectivity index (χ0n) is 11.8. The summed E-state index contributed by atoms with van der Waals surface area (Å²) in [5.41, 5.74) is 6.61. The third-order valence-electron chi connectivity index (χ3n) is 3.43. The number of allylic oxidation sites excluding steroid dienone is 1. The summed E-state index contributed by atoms with van der Waals surface area (Å²) in [6.07, 6.45) is 2.50. The molecule has 0 amide bonds. The Balaban J connectivity index is 2.66. The van der Waals surface area contributed by atoms with Crippen molar-refractivity contribution in [1.29, 1.82) is 0 Å². The molecular formula is C18H20O. The molecule has 0 heterocycles. The normalized spacial score (nSPS) is 10.5. The van der Waals surface area contributed by atoms with Gasteiger partial charge in [-0.1, -0.05) is 42.0 Å². The van der Waals surface area contributed by atoms with Crippen molar-refractivity contribution in [3.63, 3.8) is 0 Å². The van der Waals surface area contributed by atoms with Crippen LogP contribution >= 0.6 is 0 Å². The minimum absolute atomic E-state index is 0.373. The maximum absolute atomic E-state index is 10.4. The van der Waals surface area contributed by atoms with Gasteiger partial charge in [0.25, 0.3) is 0 Å². The van der Waals surface area contributed by atoms with E-state index in [-0.39, 0.29) is 0 Å². The SMILES string of the molecule is C=CCc1cccc(-c2c(C)cc(C)cc2C)c1O. The highest BCUT2D eigenvalue weighted by Gasteiger charge is 2.12. The van der Waals surface area contributed by atoms with E-state index in [9.17, 15) is 5.11 Å². The molecule has 0 aromatic heterocycles. The Hall–Kier alpha value is -2.02. The van der Waals surface area contributed by atoms with Crippen molar-refractivity contribution in [3.8, 4) is 16.9 Å². The van der Waals surface area contributed by atoms with Crippen molar-refractivity contribution in [2.24, 2.45) is 0 Å². The Morgan fingerprint density at radius 3 is 2.32 bits per heavy atom. The lowest BCUT2D eigenvalue weighted by Crippen LogP contribution is -1.92. The van der Waals surface area contributed by atoms with Gasteiger partial charge in [-0.05, 0) is 49.4 Å². The van der Waals surface area contributed by atoms with Crippen molar-refractivity contribution >= 4 is 0 Å². The molecule has 0 aliphatic heterocycles. The molecule has 98 valence electrons. The summed E-state index contributed by atoms with van der Waals surface area (Å²) in [4.78, 5) is 0. The van der Waals surface area contributed by atoms with Crippen LogP contribution < -0.4 is 0 Å². The molecule has 2 rings (SSSR count). The summed E-state index contributed by atoms with van der Waals surface area (Å²) < 4.78 is 0. The average Bonchev–Trinajstić information content (AvgIpc) is 2.32. The molecule has 0 saturated carbocycles. The maximum atomic E-state index is 10.4. The van der Waals surface area contributed by atoms with E-state index in [1.54, 1.807) is 0 Å². The van der Waals surface area contributed by atoms with Crippen molar-refractivity contribution in [1.82, 2.24) is 0 Å². The fourth-order valence-corrected chi connectivity index (χ4v) is 2.72. The highest BCUT2D eigenvalue weighted by Crippen LogP contribution is 2.36. The summed E-state index contributed by atoms with van der Waals surface area (Å²) in [5.74, 6) is 0.373. The Bertz CT molecular complexity index is 601. The quantitative estimate of drug-likeness (QED) is 0.784. The molecule has 0 bridgehead atoms. The van der Waals surface area contributed by atoms with Gasteiger partial charge in [-0.2, -0.15) is 0 Å². The lowest BCUT2D eigenvalue weighted by Gasteiger charge is -2.14. The zero-order chi connectivity index (χ0) is 14.0. The molecule has 0 unspecified atom stereocenters. The van der Waals surface area contributed by atoms with Crippen molar-refractivity contribution < 1.29 is 5.11 Å². The number of para-hydroxylation sites is 1. The zero-order valence-corrected chi connectivity index (χ0v) is 11.8. The van der Waals surface area contributed by atoms with E-state index in [0.29, 0.717) is 12.2 Å². The summed E-state index contributed by atoms with van der Waals surface area (Å²) in [5, 5.41) is 10.4. The predicted octanol–water partition coefficient (Wildman–Crippen LogP) is 4.71. The second-order valence-electron chi connectivity index (χ2n) is 5.08. The summed E-state index contributed by atoms with van der Waals surface area (Å²) in [6, 6.07) is 10.2. The van der Waals surface area contributed by atoms with Gasteiger partial charge in [-0.15, -0.1) is 6.58 Å². The van der Waals surface area contributed by atoms with E-state index in [2.05, 4.69) is 39.5 Å². The summed E-state index contributed by atoms with van der Waals surface area (Å²) in [6.45, 7) is 10.0. The first kappa shape index (κ1) is 13.4. The Labute approximate surface area is 115 Å². The van der Waals surface area contributed by atoms with Crippen LogP contribution in [-0.2, 0) is 6.42 Å². The van der Waals surface area contributed by atoms with Crippen LogP contribution in [0.25, 0.3) is 11.1 Å². The first-order valence-corrected chi connectivity index (χ1v) is 6.54. The van der Waals surface area contributed by atoms with Gasteiger partial charge in [0.15, 0.2) is 0 Å². The molecule has 0 radical (unpaired) electrons. The van der Waals surface area contributed by atoms with Crippen LogP contribution in [0, 0.1) is 20.8 Å². The van der Waals surface area contributed by atoms with Crippen LogP contribution in [0.4, 0.5) is 0 Å². The van der Waals surface area contributed by atoms with Crippen LogP contribution in [0.1, 0.15) is 22.3 Å². The van der Waals surface area contributed by atoms with E-state index < -0.39 is 0 Å². The average molecular weight is 252 g/mol. The first-order chi connectivity index (χ1) is 9.04. The Morgan fingerprint density at radius 2 is 1.74 bits per heavy atom. The number of aromatic hydroxyl groups is 1. The van der Waals surface area contributed by atoms with Crippen LogP contribution in [0.5, 0.6) is 5.75 Å². The molecule has 19 heavy (non-hydrogen) atoms. The second kappa shape index (κ2) is 5.31. The number of benzene rings is 2. The third-order valence-corrected chi connectivity index (χ3v) is 3.43. The van der Waals surface area contributed by atoms with Crippen molar-refractivity contribution in [3.05, 3.63) is 65.2 Å². The van der Waals surface area contributed by atoms with E-state index >= 15 is 0 Å². The molecule has 2 aromatic rings. The summed E-state index contributed by atoms with van der Waals surface area (Å²) in [7, 11) is 0. The number of hydrogen-bond donors (Lipinski definition) is 1. The van der Waals surface area contributed by atoms with Crippen LogP contribution in [0.3, 0.4) is 0 Å². The fraction of sp³-hybridized carbons (Fsp3) is 0.222. The lowest BCUT2D eigenvalue weighted by molar-refractivity contribution is 0.471. The Kier molecular flexibility index (Phi) is 3.75. The van der Waals surface area contributed by atoms with Gasteiger partial charge in [-0.3, -0.25) is 0 Å². The maximum Gasteiger partial charge on any atom is 0.126 e. The van der Waals surface area contributed by atoms with Crippen molar-refractivity contribution in [2.75, 3.05) is 0 Å². The molecule has 0 saturated heterocycles. The number of rotatable bonds is 3. The van der Waals surface area contributed by atoms with Crippen LogP contribution in [-0.4, -0.2) is 5.11 Å². The van der Waals surface area contributed by atoms with Gasteiger partial charge in [0.1, 0.15) is 5.75 Å². The summed E-state index contributed by atoms with van der Waals surface area (Å²) >= 11 is 0. The molecule has 0 atom stereocenters. The van der Waals surface area contributed by atoms with Gasteiger partial charge >= 0.3 is 0 Å². The topological polar surface area (TPSA) is 20.2 Å². The molecule has 0 aliphatic carbocycles. The Morgan fingerprint density at radius 1 is 1.11 bits per heavy atom. The van der Waals surface area contributed by atoms with E-state index in [1.807, 2.05) is 24.3 Å². The molecular weight excluding hydrogens is 232 g/mol. The standard InChI is InChI=1S/C18H20O/c1-5-7-15-8-6-9-16(18(15)19)17-13(3)10-12(2)11-14(17)4/h5-6,8-11,19H,1,7H2,2-4H3.